The highest BCUT2D eigenvalue weighted by atomic mass is 16.5. The van der Waals surface area contributed by atoms with E-state index < -0.39 is 0 Å². The zero-order valence-corrected chi connectivity index (χ0v) is 10.9. The van der Waals surface area contributed by atoms with Crippen LogP contribution >= 0.6 is 0 Å². The summed E-state index contributed by atoms with van der Waals surface area (Å²) in [5.41, 5.74) is 3.53. The molecule has 0 radical (unpaired) electrons. The molecule has 0 aromatic carbocycles. The molecule has 1 fully saturated rings. The summed E-state index contributed by atoms with van der Waals surface area (Å²) in [5, 5.41) is 2.66. The van der Waals surface area contributed by atoms with Gasteiger partial charge in [0, 0.05) is 31.9 Å². The van der Waals surface area contributed by atoms with Crippen molar-refractivity contribution in [3.8, 4) is 0 Å². The number of rotatable bonds is 4. The third kappa shape index (κ3) is 3.19. The van der Waals surface area contributed by atoms with Crippen LogP contribution in [0, 0.1) is 0 Å². The number of nitrogens with two attached hydrogens (primary N) is 1. The minimum absolute atomic E-state index is 0.0363. The maximum atomic E-state index is 11.8. The molecule has 0 bridgehead atoms. The lowest BCUT2D eigenvalue weighted by atomic mass is 10.1. The van der Waals surface area contributed by atoms with Gasteiger partial charge in [0.1, 0.15) is 11.9 Å². The van der Waals surface area contributed by atoms with Gasteiger partial charge in [0.05, 0.1) is 13.2 Å². The van der Waals surface area contributed by atoms with E-state index in [1.807, 2.05) is 12.1 Å². The van der Waals surface area contributed by atoms with E-state index in [1.165, 1.54) is 0 Å². The van der Waals surface area contributed by atoms with Gasteiger partial charge in [-0.2, -0.15) is 0 Å². The highest BCUT2D eigenvalue weighted by molar-refractivity contribution is 5.81. The zero-order chi connectivity index (χ0) is 13.7. The number of pyridine rings is 1. The van der Waals surface area contributed by atoms with Crippen molar-refractivity contribution < 1.29 is 9.53 Å². The molecule has 2 heterocycles. The molecule has 104 valence electrons. The summed E-state index contributed by atoms with van der Waals surface area (Å²) in [6.45, 7) is 2.34. The van der Waals surface area contributed by atoms with Gasteiger partial charge >= 0.3 is 0 Å². The van der Waals surface area contributed by atoms with Gasteiger partial charge in [0.25, 0.3) is 0 Å². The molecule has 1 atom stereocenters. The van der Waals surface area contributed by atoms with Crippen LogP contribution in [0.5, 0.6) is 0 Å². The van der Waals surface area contributed by atoms with E-state index in [1.54, 1.807) is 13.2 Å². The molecule has 7 heteroatoms. The van der Waals surface area contributed by atoms with Crippen molar-refractivity contribution in [1.29, 1.82) is 0 Å². The van der Waals surface area contributed by atoms with Crippen LogP contribution in [0.1, 0.15) is 5.56 Å². The molecule has 4 N–H and O–H groups in total. The number of ether oxygens (including phenoxy) is 1. The van der Waals surface area contributed by atoms with E-state index in [9.17, 15) is 4.79 Å². The maximum Gasteiger partial charge on any atom is 0.239 e. The monoisotopic (exact) mass is 265 g/mol. The average Bonchev–Trinajstić information content (AvgIpc) is 2.47. The second-order valence-electron chi connectivity index (χ2n) is 4.33. The minimum atomic E-state index is -0.274. The van der Waals surface area contributed by atoms with Crippen molar-refractivity contribution >= 4 is 11.7 Å². The largest absolute Gasteiger partial charge is 0.378 e. The Morgan fingerprint density at radius 1 is 1.68 bits per heavy atom. The van der Waals surface area contributed by atoms with Crippen LogP contribution in [0.4, 0.5) is 5.82 Å². The van der Waals surface area contributed by atoms with Gasteiger partial charge < -0.3 is 15.5 Å². The van der Waals surface area contributed by atoms with Crippen molar-refractivity contribution in [2.24, 2.45) is 5.84 Å². The normalized spacial score (nSPS) is 20.0. The number of nitrogen functional groups attached to an aromatic ring is 1. The summed E-state index contributed by atoms with van der Waals surface area (Å²) >= 11 is 0. The lowest BCUT2D eigenvalue weighted by Gasteiger charge is -2.34. The highest BCUT2D eigenvalue weighted by Crippen LogP contribution is 2.17. The summed E-state index contributed by atoms with van der Waals surface area (Å²) in [6.07, 6.45) is 1.67. The number of anilines is 1. The number of hydrazine groups is 1. The van der Waals surface area contributed by atoms with Gasteiger partial charge in [-0.1, -0.05) is 6.07 Å². The Morgan fingerprint density at radius 2 is 2.53 bits per heavy atom. The number of likely N-dealkylation sites (N-methyl/N-ethyl adjacent to an activating group) is 1. The predicted octanol–water partition coefficient (Wildman–Crippen LogP) is -0.686. The second kappa shape index (κ2) is 6.46. The SMILES string of the molecule is CNC(=O)C1COCCN1Cc1cccnc1NN. The Morgan fingerprint density at radius 3 is 3.26 bits per heavy atom. The molecule has 1 aliphatic heterocycles. The summed E-state index contributed by atoms with van der Waals surface area (Å²) < 4.78 is 5.37. The molecule has 1 saturated heterocycles. The molecule has 2 rings (SSSR count). The molecule has 1 aliphatic rings. The van der Waals surface area contributed by atoms with Gasteiger partial charge in [-0.05, 0) is 6.07 Å². The van der Waals surface area contributed by atoms with E-state index in [4.69, 9.17) is 10.6 Å². The van der Waals surface area contributed by atoms with Gasteiger partial charge in [-0.15, -0.1) is 0 Å². The Hall–Kier alpha value is -1.70. The van der Waals surface area contributed by atoms with Crippen LogP contribution in [-0.4, -0.2) is 48.6 Å². The summed E-state index contributed by atoms with van der Waals surface area (Å²) in [7, 11) is 1.63. The molecule has 1 amide bonds. The number of amides is 1. The molecule has 1 unspecified atom stereocenters. The fourth-order valence-corrected chi connectivity index (χ4v) is 2.15. The Labute approximate surface area is 112 Å². The summed E-state index contributed by atoms with van der Waals surface area (Å²) in [6, 6.07) is 3.52. The molecule has 0 spiro atoms. The Balaban J connectivity index is 2.13. The number of carbonyl (C=O) groups excluding carboxylic acids is 1. The van der Waals surface area contributed by atoms with Crippen LogP contribution in [0.2, 0.25) is 0 Å². The first-order valence-corrected chi connectivity index (χ1v) is 6.20. The van der Waals surface area contributed by atoms with Crippen molar-refractivity contribution in [3.05, 3.63) is 23.9 Å². The molecule has 0 aliphatic carbocycles. The number of morpholine rings is 1. The van der Waals surface area contributed by atoms with Gasteiger partial charge in [0.15, 0.2) is 0 Å². The number of hydrogen-bond acceptors (Lipinski definition) is 6. The average molecular weight is 265 g/mol. The van der Waals surface area contributed by atoms with Gasteiger partial charge in [-0.25, -0.2) is 10.8 Å². The highest BCUT2D eigenvalue weighted by Gasteiger charge is 2.29. The van der Waals surface area contributed by atoms with Crippen LogP contribution in [0.15, 0.2) is 18.3 Å². The molecular formula is C12H19N5O2. The Bertz CT molecular complexity index is 440. The summed E-state index contributed by atoms with van der Waals surface area (Å²) in [4.78, 5) is 18.1. The smallest absolute Gasteiger partial charge is 0.239 e. The number of nitrogens with one attached hydrogen (secondary N) is 2. The standard InChI is InChI=1S/C12H19N5O2/c1-14-12(18)10-8-19-6-5-17(10)7-9-3-2-4-15-11(9)16-13/h2-4,10H,5-8,13H2,1H3,(H,14,18)(H,15,16). The van der Waals surface area contributed by atoms with Crippen LogP contribution in [0.25, 0.3) is 0 Å². The molecule has 0 saturated carbocycles. The molecule has 1 aromatic rings. The first-order chi connectivity index (χ1) is 9.26. The van der Waals surface area contributed by atoms with Crippen molar-refractivity contribution in [3.63, 3.8) is 0 Å². The van der Waals surface area contributed by atoms with Crippen molar-refractivity contribution in [2.45, 2.75) is 12.6 Å². The van der Waals surface area contributed by atoms with Crippen LogP contribution < -0.4 is 16.6 Å². The minimum Gasteiger partial charge on any atom is -0.378 e. The van der Waals surface area contributed by atoms with Gasteiger partial charge in [-0.3, -0.25) is 9.69 Å². The van der Waals surface area contributed by atoms with Crippen LogP contribution in [0.3, 0.4) is 0 Å². The fraction of sp³-hybridized carbons (Fsp3) is 0.500. The van der Waals surface area contributed by atoms with E-state index in [0.717, 1.165) is 5.56 Å². The third-order valence-electron chi connectivity index (χ3n) is 3.19. The molecule has 19 heavy (non-hydrogen) atoms. The van der Waals surface area contributed by atoms with Gasteiger partial charge in [0.2, 0.25) is 5.91 Å². The first-order valence-electron chi connectivity index (χ1n) is 6.20. The lowest BCUT2D eigenvalue weighted by Crippen LogP contribution is -2.52. The Kier molecular flexibility index (Phi) is 4.67. The topological polar surface area (TPSA) is 92.5 Å². The first kappa shape index (κ1) is 13.7. The molecule has 7 nitrogen and oxygen atoms in total. The maximum absolute atomic E-state index is 11.8. The second-order valence-corrected chi connectivity index (χ2v) is 4.33. The van der Waals surface area contributed by atoms with Crippen LogP contribution in [-0.2, 0) is 16.1 Å². The zero-order valence-electron chi connectivity index (χ0n) is 10.9. The molecule has 1 aromatic heterocycles. The number of nitrogens with zero attached hydrogens (tertiary/aromatic N) is 2. The number of carbonyl (C=O) groups is 1. The predicted molar refractivity (Wildman–Crippen MR) is 71.1 cm³/mol. The molecular weight excluding hydrogens is 246 g/mol. The van der Waals surface area contributed by atoms with Crippen molar-refractivity contribution in [1.82, 2.24) is 15.2 Å². The fourth-order valence-electron chi connectivity index (χ4n) is 2.15. The quantitative estimate of drug-likeness (QED) is 0.493. The summed E-state index contributed by atoms with van der Waals surface area (Å²) in [5.74, 6) is 6.03. The lowest BCUT2D eigenvalue weighted by molar-refractivity contribution is -0.132. The van der Waals surface area contributed by atoms with E-state index >= 15 is 0 Å². The third-order valence-corrected chi connectivity index (χ3v) is 3.19. The van der Waals surface area contributed by atoms with E-state index in [0.29, 0.717) is 32.1 Å². The van der Waals surface area contributed by atoms with Crippen molar-refractivity contribution in [2.75, 3.05) is 32.2 Å². The van der Waals surface area contributed by atoms with E-state index in [-0.39, 0.29) is 11.9 Å². The number of hydrogen-bond donors (Lipinski definition) is 3. The number of aromatic nitrogens is 1. The van der Waals surface area contributed by atoms with E-state index in [2.05, 4.69) is 20.6 Å².